The second-order valence-corrected chi connectivity index (χ2v) is 10.5. The Balaban J connectivity index is 1.45. The maximum atomic E-state index is 12.4. The largest absolute Gasteiger partial charge is 0.462 e. The molecule has 1 unspecified atom stereocenters. The van der Waals surface area contributed by atoms with Gasteiger partial charge in [-0.1, -0.05) is 24.8 Å². The molecule has 2 saturated heterocycles. The first-order chi connectivity index (χ1) is 18.5. The van der Waals surface area contributed by atoms with E-state index in [-0.39, 0.29) is 18.4 Å². The van der Waals surface area contributed by atoms with Gasteiger partial charge in [0, 0.05) is 43.5 Å². The van der Waals surface area contributed by atoms with Crippen LogP contribution in [0.3, 0.4) is 0 Å². The molecule has 38 heavy (non-hydrogen) atoms. The van der Waals surface area contributed by atoms with Gasteiger partial charge in [0.25, 0.3) is 0 Å². The zero-order chi connectivity index (χ0) is 26.6. The van der Waals surface area contributed by atoms with Crippen LogP contribution in [0.2, 0.25) is 0 Å². The number of anilines is 2. The molecule has 1 amide bonds. The number of para-hydroxylation sites is 1. The zero-order valence-corrected chi connectivity index (χ0v) is 22.5. The van der Waals surface area contributed by atoms with E-state index in [4.69, 9.17) is 14.7 Å². The van der Waals surface area contributed by atoms with Crippen LogP contribution in [-0.2, 0) is 17.8 Å². The molecule has 3 aliphatic heterocycles. The molecule has 1 aromatic carbocycles. The minimum absolute atomic E-state index is 0.131. The lowest BCUT2D eigenvalue weighted by atomic mass is 10.0. The predicted octanol–water partition coefficient (Wildman–Crippen LogP) is 2.94. The van der Waals surface area contributed by atoms with Crippen LogP contribution in [0.25, 0.3) is 0 Å². The average molecular weight is 516 g/mol. The highest BCUT2D eigenvalue weighted by atomic mass is 16.5. The van der Waals surface area contributed by atoms with Crippen molar-refractivity contribution in [3.63, 3.8) is 0 Å². The third kappa shape index (κ3) is 5.32. The van der Waals surface area contributed by atoms with Crippen LogP contribution in [0.1, 0.15) is 36.1 Å². The summed E-state index contributed by atoms with van der Waals surface area (Å²) in [6.45, 7) is 10.7. The molecule has 9 nitrogen and oxygen atoms in total. The Morgan fingerprint density at radius 2 is 2.03 bits per heavy atom. The van der Waals surface area contributed by atoms with Crippen molar-refractivity contribution in [2.45, 2.75) is 51.2 Å². The van der Waals surface area contributed by atoms with Crippen molar-refractivity contribution in [1.29, 1.82) is 5.26 Å². The quantitative estimate of drug-likeness (QED) is 0.520. The molecule has 2 aromatic rings. The first-order valence-electron chi connectivity index (χ1n) is 13.6. The van der Waals surface area contributed by atoms with Crippen LogP contribution in [0.15, 0.2) is 36.9 Å². The van der Waals surface area contributed by atoms with E-state index in [1.165, 1.54) is 23.7 Å². The van der Waals surface area contributed by atoms with E-state index in [1.54, 1.807) is 4.90 Å². The Bertz CT molecular complexity index is 1230. The maximum absolute atomic E-state index is 12.4. The first-order valence-corrected chi connectivity index (χ1v) is 13.6. The number of nitriles is 1. The lowest BCUT2D eigenvalue weighted by Gasteiger charge is -2.42. The molecule has 0 N–H and O–H groups in total. The third-order valence-electron chi connectivity index (χ3n) is 8.12. The Morgan fingerprint density at radius 1 is 1.18 bits per heavy atom. The number of likely N-dealkylation sites (N-methyl/N-ethyl adjacent to an activating group) is 1. The monoisotopic (exact) mass is 515 g/mol. The summed E-state index contributed by atoms with van der Waals surface area (Å²) in [5.74, 6) is 0.746. The topological polar surface area (TPSA) is 88.8 Å². The molecular weight excluding hydrogens is 478 g/mol. The fraction of sp³-hybridized carbons (Fsp3) is 0.517. The molecule has 2 atom stereocenters. The number of hydrogen-bond acceptors (Lipinski definition) is 8. The highest BCUT2D eigenvalue weighted by molar-refractivity contribution is 5.87. The number of benzene rings is 1. The van der Waals surface area contributed by atoms with Crippen molar-refractivity contribution in [3.8, 4) is 12.1 Å². The van der Waals surface area contributed by atoms with Crippen molar-refractivity contribution in [2.24, 2.45) is 0 Å². The van der Waals surface area contributed by atoms with E-state index in [0.717, 1.165) is 43.0 Å². The summed E-state index contributed by atoms with van der Waals surface area (Å²) in [6, 6.07) is 11.3. The van der Waals surface area contributed by atoms with Gasteiger partial charge in [-0.15, -0.1) is 0 Å². The highest BCUT2D eigenvalue weighted by Crippen LogP contribution is 2.33. The summed E-state index contributed by atoms with van der Waals surface area (Å²) in [4.78, 5) is 31.0. The fourth-order valence-corrected chi connectivity index (χ4v) is 5.93. The maximum Gasteiger partial charge on any atom is 0.318 e. The van der Waals surface area contributed by atoms with Gasteiger partial charge < -0.3 is 24.3 Å². The van der Waals surface area contributed by atoms with Crippen molar-refractivity contribution in [1.82, 2.24) is 19.8 Å². The number of fused-ring (bicyclic) bond motifs is 1. The van der Waals surface area contributed by atoms with Crippen LogP contribution < -0.4 is 14.5 Å². The molecule has 9 heteroatoms. The van der Waals surface area contributed by atoms with E-state index in [9.17, 15) is 10.1 Å². The van der Waals surface area contributed by atoms with Crippen LogP contribution in [-0.4, -0.2) is 84.1 Å². The molecule has 4 heterocycles. The Hall–Kier alpha value is -3.64. The third-order valence-corrected chi connectivity index (χ3v) is 8.12. The number of carbonyl (C=O) groups is 1. The summed E-state index contributed by atoms with van der Waals surface area (Å²) < 4.78 is 6.23. The van der Waals surface area contributed by atoms with E-state index < -0.39 is 0 Å². The Kier molecular flexibility index (Phi) is 7.79. The summed E-state index contributed by atoms with van der Waals surface area (Å²) in [5.41, 5.74) is 4.59. The van der Waals surface area contributed by atoms with Crippen molar-refractivity contribution in [3.05, 3.63) is 53.7 Å². The number of rotatable bonds is 7. The normalized spacial score (nSPS) is 21.7. The molecular formula is C29H37N7O2. The molecule has 2 fully saturated rings. The number of amides is 1. The van der Waals surface area contributed by atoms with Crippen LogP contribution >= 0.6 is 0 Å². The first kappa shape index (κ1) is 26.0. The second-order valence-electron chi connectivity index (χ2n) is 10.5. The van der Waals surface area contributed by atoms with Gasteiger partial charge in [0.15, 0.2) is 0 Å². The van der Waals surface area contributed by atoms with Gasteiger partial charge in [0.1, 0.15) is 12.4 Å². The fourth-order valence-electron chi connectivity index (χ4n) is 5.93. The van der Waals surface area contributed by atoms with E-state index in [0.29, 0.717) is 44.8 Å². The molecule has 0 aliphatic carbocycles. The van der Waals surface area contributed by atoms with Gasteiger partial charge in [0.05, 0.1) is 30.8 Å². The molecule has 0 saturated carbocycles. The number of hydrogen-bond donors (Lipinski definition) is 0. The summed E-state index contributed by atoms with van der Waals surface area (Å²) in [5, 5.41) is 9.45. The summed E-state index contributed by atoms with van der Waals surface area (Å²) in [6.07, 6.45) is 4.71. The van der Waals surface area contributed by atoms with Crippen LogP contribution in [0.5, 0.6) is 6.01 Å². The molecule has 3 aliphatic rings. The van der Waals surface area contributed by atoms with Gasteiger partial charge in [-0.05, 0) is 57.5 Å². The van der Waals surface area contributed by atoms with E-state index in [2.05, 4.69) is 65.6 Å². The molecule has 1 aromatic heterocycles. The van der Waals surface area contributed by atoms with E-state index in [1.807, 2.05) is 0 Å². The Labute approximate surface area is 225 Å². The molecule has 0 spiro atoms. The molecule has 0 radical (unpaired) electrons. The number of piperazine rings is 1. The van der Waals surface area contributed by atoms with Crippen LogP contribution in [0.4, 0.5) is 11.5 Å². The number of aryl methyl sites for hydroxylation is 1. The van der Waals surface area contributed by atoms with Gasteiger partial charge in [-0.3, -0.25) is 4.79 Å². The summed E-state index contributed by atoms with van der Waals surface area (Å²) in [7, 11) is 2.14. The van der Waals surface area contributed by atoms with Gasteiger partial charge >= 0.3 is 6.01 Å². The average Bonchev–Trinajstić information content (AvgIpc) is 3.35. The number of ether oxygens (including phenoxy) is 1. The lowest BCUT2D eigenvalue weighted by molar-refractivity contribution is -0.128. The summed E-state index contributed by atoms with van der Waals surface area (Å²) >= 11 is 0. The van der Waals surface area contributed by atoms with Gasteiger partial charge in [-0.25, -0.2) is 0 Å². The standard InChI is InChI=1S/C29H37N7O2/c1-4-27(37)36-17-16-35(18-22(36)11-13-30)28-24-12-15-34(26-10-6-5-8-21(26)2)19-25(24)31-29(32-28)38-20-23-9-7-14-33(23)3/h4-6,8,10,22-23H,1,7,9,11-12,14-20H2,2-3H3/t22?,23-/m0/s1. The molecule has 200 valence electrons. The van der Waals surface area contributed by atoms with Gasteiger partial charge in [-0.2, -0.15) is 15.2 Å². The highest BCUT2D eigenvalue weighted by Gasteiger charge is 2.33. The number of aromatic nitrogens is 2. The smallest absolute Gasteiger partial charge is 0.318 e. The number of carbonyl (C=O) groups excluding carboxylic acids is 1. The minimum Gasteiger partial charge on any atom is -0.462 e. The second kappa shape index (κ2) is 11.4. The van der Waals surface area contributed by atoms with E-state index >= 15 is 0 Å². The Morgan fingerprint density at radius 3 is 2.76 bits per heavy atom. The molecule has 0 bridgehead atoms. The van der Waals surface area contributed by atoms with Crippen LogP contribution in [0, 0.1) is 18.3 Å². The molecule has 5 rings (SSSR count). The van der Waals surface area contributed by atoms with Crippen molar-refractivity contribution >= 4 is 17.4 Å². The van der Waals surface area contributed by atoms with Gasteiger partial charge in [0.2, 0.25) is 5.91 Å². The predicted molar refractivity (Wildman–Crippen MR) is 147 cm³/mol. The zero-order valence-electron chi connectivity index (χ0n) is 22.5. The number of nitrogens with zero attached hydrogens (tertiary/aromatic N) is 7. The lowest BCUT2D eigenvalue weighted by Crippen LogP contribution is -2.55. The SMILES string of the molecule is C=CC(=O)N1CCN(c2nc(OC[C@@H]3CCCN3C)nc3c2CCN(c2ccccc2C)C3)CC1CC#N. The van der Waals surface area contributed by atoms with Crippen molar-refractivity contribution in [2.75, 3.05) is 56.2 Å². The van der Waals surface area contributed by atoms with Crippen molar-refractivity contribution < 1.29 is 9.53 Å². The number of likely N-dealkylation sites (tertiary alicyclic amines) is 1. The minimum atomic E-state index is -0.214.